The molecule has 0 amide bonds. The van der Waals surface area contributed by atoms with Crippen molar-refractivity contribution in [1.29, 1.82) is 0 Å². The first kappa shape index (κ1) is 17.7. The van der Waals surface area contributed by atoms with Crippen LogP contribution in [0.1, 0.15) is 44.7 Å². The van der Waals surface area contributed by atoms with Gasteiger partial charge in [-0.1, -0.05) is 31.2 Å². The first-order chi connectivity index (χ1) is 9.63. The maximum absolute atomic E-state index is 12.2. The molecule has 118 valence electrons. The van der Waals surface area contributed by atoms with E-state index < -0.39 is 21.5 Å². The van der Waals surface area contributed by atoms with E-state index in [9.17, 15) is 13.2 Å². The van der Waals surface area contributed by atoms with Gasteiger partial charge in [-0.2, -0.15) is 0 Å². The lowest BCUT2D eigenvalue weighted by Crippen LogP contribution is -2.44. The summed E-state index contributed by atoms with van der Waals surface area (Å²) in [5.41, 5.74) is 1.10. The lowest BCUT2D eigenvalue weighted by Gasteiger charge is -2.25. The third-order valence-electron chi connectivity index (χ3n) is 3.18. The third kappa shape index (κ3) is 6.73. The fourth-order valence-corrected chi connectivity index (χ4v) is 3.67. The van der Waals surface area contributed by atoms with Crippen LogP contribution in [0.2, 0.25) is 0 Å². The van der Waals surface area contributed by atoms with E-state index in [4.69, 9.17) is 5.11 Å². The van der Waals surface area contributed by atoms with E-state index in [1.165, 1.54) is 0 Å². The Morgan fingerprint density at radius 1 is 1.19 bits per heavy atom. The maximum Gasteiger partial charge on any atom is 0.303 e. The van der Waals surface area contributed by atoms with E-state index in [0.717, 1.165) is 12.0 Å². The highest BCUT2D eigenvalue weighted by molar-refractivity contribution is 7.88. The molecule has 5 nitrogen and oxygen atoms in total. The first-order valence-corrected chi connectivity index (χ1v) is 8.60. The Kier molecular flexibility index (Phi) is 5.92. The first-order valence-electron chi connectivity index (χ1n) is 6.95. The predicted octanol–water partition coefficient (Wildman–Crippen LogP) is 2.31. The summed E-state index contributed by atoms with van der Waals surface area (Å²) in [6, 6.07) is 7.45. The summed E-state index contributed by atoms with van der Waals surface area (Å²) < 4.78 is 26.9. The molecule has 0 bridgehead atoms. The maximum atomic E-state index is 12.2. The van der Waals surface area contributed by atoms with Gasteiger partial charge in [0.25, 0.3) is 0 Å². The minimum Gasteiger partial charge on any atom is -0.481 e. The van der Waals surface area contributed by atoms with Gasteiger partial charge in [-0.3, -0.25) is 4.79 Å². The Morgan fingerprint density at radius 2 is 1.71 bits per heavy atom. The van der Waals surface area contributed by atoms with Crippen LogP contribution in [0.4, 0.5) is 0 Å². The Balaban J connectivity index is 2.69. The van der Waals surface area contributed by atoms with E-state index >= 15 is 0 Å². The summed E-state index contributed by atoms with van der Waals surface area (Å²) in [4.78, 5) is 10.6. The quantitative estimate of drug-likeness (QED) is 0.771. The minimum atomic E-state index is -3.50. The Morgan fingerprint density at radius 3 is 2.19 bits per heavy atom. The topological polar surface area (TPSA) is 83.5 Å². The molecule has 0 aliphatic heterocycles. The van der Waals surface area contributed by atoms with Crippen molar-refractivity contribution in [2.75, 3.05) is 0 Å². The van der Waals surface area contributed by atoms with Crippen molar-refractivity contribution in [2.45, 2.75) is 51.3 Å². The molecule has 0 heterocycles. The molecule has 21 heavy (non-hydrogen) atoms. The summed E-state index contributed by atoms with van der Waals surface area (Å²) >= 11 is 0. The van der Waals surface area contributed by atoms with E-state index in [0.29, 0.717) is 5.56 Å². The smallest absolute Gasteiger partial charge is 0.303 e. The molecule has 1 rings (SSSR count). The van der Waals surface area contributed by atoms with Crippen molar-refractivity contribution in [3.63, 3.8) is 0 Å². The van der Waals surface area contributed by atoms with Crippen molar-refractivity contribution >= 4 is 16.0 Å². The molecule has 0 saturated carbocycles. The number of nitrogens with one attached hydrogen (secondary N) is 1. The van der Waals surface area contributed by atoms with E-state index in [-0.39, 0.29) is 18.6 Å². The van der Waals surface area contributed by atoms with Gasteiger partial charge in [0.15, 0.2) is 0 Å². The number of aryl methyl sites for hydroxylation is 1. The molecule has 0 aliphatic carbocycles. The zero-order valence-electron chi connectivity index (χ0n) is 12.7. The number of aliphatic carboxylic acids is 1. The van der Waals surface area contributed by atoms with Crippen LogP contribution in [0.15, 0.2) is 24.3 Å². The lowest BCUT2D eigenvalue weighted by atomic mass is 10.0. The second-order valence-corrected chi connectivity index (χ2v) is 7.53. The van der Waals surface area contributed by atoms with Gasteiger partial charge in [-0.25, -0.2) is 13.1 Å². The summed E-state index contributed by atoms with van der Waals surface area (Å²) in [6.07, 6.45) is 1.09. The summed E-state index contributed by atoms with van der Waals surface area (Å²) in [5.74, 6) is -1.04. The number of carboxylic acids is 1. The van der Waals surface area contributed by atoms with Crippen LogP contribution in [-0.2, 0) is 27.0 Å². The molecule has 1 aromatic carbocycles. The fourth-order valence-electron chi connectivity index (χ4n) is 2.02. The van der Waals surface area contributed by atoms with Crippen molar-refractivity contribution < 1.29 is 18.3 Å². The zero-order valence-corrected chi connectivity index (χ0v) is 13.5. The van der Waals surface area contributed by atoms with Gasteiger partial charge in [0.1, 0.15) is 0 Å². The summed E-state index contributed by atoms with van der Waals surface area (Å²) in [7, 11) is -3.50. The Bertz CT molecular complexity index is 576. The molecule has 0 aliphatic rings. The number of hydrogen-bond acceptors (Lipinski definition) is 3. The SMILES string of the molecule is CCc1ccc(CS(=O)(=O)NC(C)(C)CCC(=O)O)cc1. The van der Waals surface area contributed by atoms with Gasteiger partial charge in [-0.05, 0) is 37.8 Å². The molecule has 6 heteroatoms. The second-order valence-electron chi connectivity index (χ2n) is 5.81. The van der Waals surface area contributed by atoms with Crippen LogP contribution in [0.25, 0.3) is 0 Å². The van der Waals surface area contributed by atoms with Gasteiger partial charge in [0.05, 0.1) is 5.75 Å². The normalized spacial score (nSPS) is 12.3. The molecule has 0 unspecified atom stereocenters. The number of carboxylic acid groups (broad SMARTS) is 1. The molecule has 0 atom stereocenters. The molecular formula is C15H23NO4S. The van der Waals surface area contributed by atoms with Gasteiger partial charge >= 0.3 is 5.97 Å². The van der Waals surface area contributed by atoms with Crippen LogP contribution < -0.4 is 4.72 Å². The minimum absolute atomic E-state index is 0.0687. The molecule has 1 aromatic rings. The Hall–Kier alpha value is -1.40. The van der Waals surface area contributed by atoms with E-state index in [1.807, 2.05) is 31.2 Å². The van der Waals surface area contributed by atoms with Gasteiger partial charge in [0, 0.05) is 12.0 Å². The second kappa shape index (κ2) is 7.04. The van der Waals surface area contributed by atoms with Crippen molar-refractivity contribution in [1.82, 2.24) is 4.72 Å². The molecule has 0 aromatic heterocycles. The highest BCUT2D eigenvalue weighted by atomic mass is 32.2. The largest absolute Gasteiger partial charge is 0.481 e. The van der Waals surface area contributed by atoms with Crippen molar-refractivity contribution in [3.8, 4) is 0 Å². The average Bonchev–Trinajstić information content (AvgIpc) is 2.35. The third-order valence-corrected chi connectivity index (χ3v) is 4.76. The molecule has 2 N–H and O–H groups in total. The highest BCUT2D eigenvalue weighted by Gasteiger charge is 2.25. The predicted molar refractivity (Wildman–Crippen MR) is 82.5 cm³/mol. The van der Waals surface area contributed by atoms with Crippen molar-refractivity contribution in [2.24, 2.45) is 0 Å². The molecule has 0 radical (unpaired) electrons. The molecule has 0 fully saturated rings. The van der Waals surface area contributed by atoms with E-state index in [2.05, 4.69) is 4.72 Å². The molecular weight excluding hydrogens is 290 g/mol. The molecule has 0 spiro atoms. The van der Waals surface area contributed by atoms with Crippen LogP contribution in [0, 0.1) is 0 Å². The molecule has 0 saturated heterocycles. The number of rotatable bonds is 8. The average molecular weight is 313 g/mol. The fraction of sp³-hybridized carbons (Fsp3) is 0.533. The monoisotopic (exact) mass is 313 g/mol. The van der Waals surface area contributed by atoms with Gasteiger partial charge in [-0.15, -0.1) is 0 Å². The number of sulfonamides is 1. The lowest BCUT2D eigenvalue weighted by molar-refractivity contribution is -0.137. The number of carbonyl (C=O) groups is 1. The number of hydrogen-bond donors (Lipinski definition) is 2. The number of benzene rings is 1. The zero-order chi connectivity index (χ0) is 16.1. The van der Waals surface area contributed by atoms with Gasteiger partial charge in [0.2, 0.25) is 10.0 Å². The standard InChI is InChI=1S/C15H23NO4S/c1-4-12-5-7-13(8-6-12)11-21(19,20)16-15(2,3)10-9-14(17)18/h5-8,16H,4,9-11H2,1-3H3,(H,17,18). The van der Waals surface area contributed by atoms with Crippen LogP contribution in [0.5, 0.6) is 0 Å². The Labute approximate surface area is 126 Å². The van der Waals surface area contributed by atoms with Gasteiger partial charge < -0.3 is 5.11 Å². The van der Waals surface area contributed by atoms with Crippen molar-refractivity contribution in [3.05, 3.63) is 35.4 Å². The van der Waals surface area contributed by atoms with Crippen LogP contribution in [0.3, 0.4) is 0 Å². The summed E-state index contributed by atoms with van der Waals surface area (Å²) in [5, 5.41) is 8.68. The highest BCUT2D eigenvalue weighted by Crippen LogP contribution is 2.15. The van der Waals surface area contributed by atoms with Crippen LogP contribution in [-0.4, -0.2) is 25.0 Å². The van der Waals surface area contributed by atoms with E-state index in [1.54, 1.807) is 13.8 Å². The van der Waals surface area contributed by atoms with Crippen LogP contribution >= 0.6 is 0 Å². The summed E-state index contributed by atoms with van der Waals surface area (Å²) in [6.45, 7) is 5.42.